The fourth-order valence-corrected chi connectivity index (χ4v) is 3.03. The minimum absolute atomic E-state index is 0.0691. The van der Waals surface area contributed by atoms with Crippen LogP contribution in [0.25, 0.3) is 0 Å². The second-order valence-corrected chi connectivity index (χ2v) is 5.74. The van der Waals surface area contributed by atoms with Gasteiger partial charge in [0.15, 0.2) is 5.78 Å². The van der Waals surface area contributed by atoms with E-state index in [-0.39, 0.29) is 12.4 Å². The van der Waals surface area contributed by atoms with Crippen molar-refractivity contribution in [3.8, 4) is 5.75 Å². The lowest BCUT2D eigenvalue weighted by molar-refractivity contribution is 0.0799. The van der Waals surface area contributed by atoms with E-state index in [2.05, 4.69) is 4.90 Å². The van der Waals surface area contributed by atoms with Crippen LogP contribution in [0.15, 0.2) is 18.2 Å². The lowest BCUT2D eigenvalue weighted by atomic mass is 9.98. The molecule has 0 radical (unpaired) electrons. The Labute approximate surface area is 132 Å². The third-order valence-corrected chi connectivity index (χ3v) is 4.19. The first-order valence-corrected chi connectivity index (χ1v) is 8.06. The standard InChI is InChI=1S/C17H26N2O3/c1-2-22-17-7-6-13(11-15(17)18)16(21)12-19-9-4-3-5-14(19)8-10-20/h6-7,11,14,20H,2-5,8-10,12,18H2,1H3. The van der Waals surface area contributed by atoms with Gasteiger partial charge in [-0.05, 0) is 50.9 Å². The summed E-state index contributed by atoms with van der Waals surface area (Å²) in [5.41, 5.74) is 7.05. The maximum Gasteiger partial charge on any atom is 0.176 e. The molecule has 1 aliphatic heterocycles. The average molecular weight is 306 g/mol. The molecule has 0 spiro atoms. The Morgan fingerprint density at radius 3 is 2.95 bits per heavy atom. The van der Waals surface area contributed by atoms with Crippen molar-refractivity contribution in [3.05, 3.63) is 23.8 Å². The maximum absolute atomic E-state index is 12.5. The number of Topliss-reactive ketones (excluding diaryl/α,β-unsaturated/α-hetero) is 1. The van der Waals surface area contributed by atoms with E-state index in [4.69, 9.17) is 15.6 Å². The van der Waals surface area contributed by atoms with Crippen LogP contribution in [0.4, 0.5) is 5.69 Å². The SMILES string of the molecule is CCOc1ccc(C(=O)CN2CCCCC2CCO)cc1N. The quantitative estimate of drug-likeness (QED) is 0.596. The van der Waals surface area contributed by atoms with Gasteiger partial charge in [-0.15, -0.1) is 0 Å². The zero-order valence-corrected chi connectivity index (χ0v) is 13.3. The number of piperidine rings is 1. The second kappa shape index (κ2) is 8.15. The Balaban J connectivity index is 2.03. The summed E-state index contributed by atoms with van der Waals surface area (Å²) in [5.74, 6) is 0.690. The second-order valence-electron chi connectivity index (χ2n) is 5.74. The highest BCUT2D eigenvalue weighted by Crippen LogP contribution is 2.24. The van der Waals surface area contributed by atoms with Gasteiger partial charge in [-0.3, -0.25) is 9.69 Å². The number of likely N-dealkylation sites (tertiary alicyclic amines) is 1. The summed E-state index contributed by atoms with van der Waals surface area (Å²) < 4.78 is 5.40. The molecule has 1 fully saturated rings. The van der Waals surface area contributed by atoms with Crippen LogP contribution in [-0.4, -0.2) is 48.1 Å². The number of nitrogen functional groups attached to an aromatic ring is 1. The van der Waals surface area contributed by atoms with E-state index in [9.17, 15) is 4.79 Å². The molecule has 1 aliphatic rings. The molecular weight excluding hydrogens is 280 g/mol. The third kappa shape index (κ3) is 4.21. The Morgan fingerprint density at radius 1 is 1.45 bits per heavy atom. The van der Waals surface area contributed by atoms with Gasteiger partial charge in [-0.2, -0.15) is 0 Å². The van der Waals surface area contributed by atoms with Crippen LogP contribution in [-0.2, 0) is 0 Å². The molecule has 1 atom stereocenters. The highest BCUT2D eigenvalue weighted by molar-refractivity contribution is 5.98. The molecule has 0 saturated carbocycles. The summed E-state index contributed by atoms with van der Waals surface area (Å²) in [4.78, 5) is 14.7. The summed E-state index contributed by atoms with van der Waals surface area (Å²) >= 11 is 0. The number of carbonyl (C=O) groups excluding carboxylic acids is 1. The molecule has 2 rings (SSSR count). The average Bonchev–Trinajstić information content (AvgIpc) is 2.51. The molecule has 0 aromatic heterocycles. The van der Waals surface area contributed by atoms with Crippen LogP contribution in [0.2, 0.25) is 0 Å². The molecule has 22 heavy (non-hydrogen) atoms. The molecule has 1 aromatic rings. The van der Waals surface area contributed by atoms with Crippen LogP contribution in [0, 0.1) is 0 Å². The van der Waals surface area contributed by atoms with Gasteiger partial charge in [0.2, 0.25) is 0 Å². The van der Waals surface area contributed by atoms with Crippen molar-refractivity contribution in [3.63, 3.8) is 0 Å². The topological polar surface area (TPSA) is 75.8 Å². The summed E-state index contributed by atoms with van der Waals surface area (Å²) in [5, 5.41) is 9.16. The summed E-state index contributed by atoms with van der Waals surface area (Å²) in [7, 11) is 0. The van der Waals surface area contributed by atoms with Gasteiger partial charge < -0.3 is 15.6 Å². The predicted octanol–water partition coefficient (Wildman–Crippen LogP) is 2.09. The molecule has 1 heterocycles. The number of anilines is 1. The Bertz CT molecular complexity index is 503. The molecule has 1 saturated heterocycles. The van der Waals surface area contributed by atoms with Crippen molar-refractivity contribution in [2.75, 3.05) is 32.0 Å². The molecule has 0 amide bonds. The first-order valence-electron chi connectivity index (χ1n) is 8.06. The van der Waals surface area contributed by atoms with Gasteiger partial charge in [-0.25, -0.2) is 0 Å². The van der Waals surface area contributed by atoms with Crippen molar-refractivity contribution >= 4 is 11.5 Å². The number of ether oxygens (including phenoxy) is 1. The lowest BCUT2D eigenvalue weighted by Crippen LogP contribution is -2.43. The normalized spacial score (nSPS) is 19.1. The largest absolute Gasteiger partial charge is 0.492 e. The molecular formula is C17H26N2O3. The van der Waals surface area contributed by atoms with E-state index in [0.29, 0.717) is 36.2 Å². The number of nitrogens with zero attached hydrogens (tertiary/aromatic N) is 1. The zero-order chi connectivity index (χ0) is 15.9. The highest BCUT2D eigenvalue weighted by Gasteiger charge is 2.24. The summed E-state index contributed by atoms with van der Waals surface area (Å²) in [6, 6.07) is 5.53. The molecule has 3 N–H and O–H groups in total. The summed E-state index contributed by atoms with van der Waals surface area (Å²) in [6.45, 7) is 3.93. The number of rotatable bonds is 7. The van der Waals surface area contributed by atoms with Gasteiger partial charge in [0.05, 0.1) is 18.8 Å². The van der Waals surface area contributed by atoms with Gasteiger partial charge in [0.25, 0.3) is 0 Å². The van der Waals surface area contributed by atoms with Crippen LogP contribution in [0.1, 0.15) is 43.0 Å². The van der Waals surface area contributed by atoms with Crippen LogP contribution < -0.4 is 10.5 Å². The molecule has 1 aromatic carbocycles. The van der Waals surface area contributed by atoms with Crippen molar-refractivity contribution < 1.29 is 14.6 Å². The van der Waals surface area contributed by atoms with Crippen LogP contribution in [0.5, 0.6) is 5.75 Å². The first-order chi connectivity index (χ1) is 10.7. The van der Waals surface area contributed by atoms with Crippen molar-refractivity contribution in [1.29, 1.82) is 0 Å². The van der Waals surface area contributed by atoms with E-state index in [1.165, 1.54) is 6.42 Å². The minimum atomic E-state index is 0.0691. The Hall–Kier alpha value is -1.59. The number of aliphatic hydroxyl groups is 1. The molecule has 0 bridgehead atoms. The van der Waals surface area contributed by atoms with Crippen molar-refractivity contribution in [2.24, 2.45) is 0 Å². The molecule has 5 heteroatoms. The number of nitrogens with two attached hydrogens (primary N) is 1. The van der Waals surface area contributed by atoms with E-state index in [1.807, 2.05) is 6.92 Å². The van der Waals surface area contributed by atoms with Crippen LogP contribution >= 0.6 is 0 Å². The van der Waals surface area contributed by atoms with E-state index in [1.54, 1.807) is 18.2 Å². The highest BCUT2D eigenvalue weighted by atomic mass is 16.5. The molecule has 0 aliphatic carbocycles. The Morgan fingerprint density at radius 2 is 2.27 bits per heavy atom. The first kappa shape index (κ1) is 16.8. The zero-order valence-electron chi connectivity index (χ0n) is 13.3. The number of carbonyl (C=O) groups is 1. The fraction of sp³-hybridized carbons (Fsp3) is 0.588. The summed E-state index contributed by atoms with van der Waals surface area (Å²) in [6.07, 6.45) is 4.07. The van der Waals surface area contributed by atoms with Gasteiger partial charge in [0.1, 0.15) is 5.75 Å². The van der Waals surface area contributed by atoms with E-state index < -0.39 is 0 Å². The van der Waals surface area contributed by atoms with Gasteiger partial charge in [-0.1, -0.05) is 6.42 Å². The van der Waals surface area contributed by atoms with Crippen molar-refractivity contribution in [2.45, 2.75) is 38.6 Å². The Kier molecular flexibility index (Phi) is 6.21. The minimum Gasteiger partial charge on any atom is -0.492 e. The van der Waals surface area contributed by atoms with Crippen LogP contribution in [0.3, 0.4) is 0 Å². The number of hydrogen-bond acceptors (Lipinski definition) is 5. The predicted molar refractivity (Wildman–Crippen MR) is 87.3 cm³/mol. The third-order valence-electron chi connectivity index (χ3n) is 4.19. The van der Waals surface area contributed by atoms with E-state index in [0.717, 1.165) is 25.8 Å². The lowest BCUT2D eigenvalue weighted by Gasteiger charge is -2.34. The fourth-order valence-electron chi connectivity index (χ4n) is 3.03. The van der Waals surface area contributed by atoms with E-state index >= 15 is 0 Å². The molecule has 122 valence electrons. The van der Waals surface area contributed by atoms with Crippen molar-refractivity contribution in [1.82, 2.24) is 4.90 Å². The number of hydrogen-bond donors (Lipinski definition) is 2. The number of aliphatic hydroxyl groups excluding tert-OH is 1. The molecule has 1 unspecified atom stereocenters. The smallest absolute Gasteiger partial charge is 0.176 e. The number of benzene rings is 1. The van der Waals surface area contributed by atoms with Gasteiger partial charge in [0, 0.05) is 18.2 Å². The van der Waals surface area contributed by atoms with Gasteiger partial charge >= 0.3 is 0 Å². The number of ketones is 1. The molecule has 5 nitrogen and oxygen atoms in total. The monoisotopic (exact) mass is 306 g/mol. The maximum atomic E-state index is 12.5.